The first-order valence-electron chi connectivity index (χ1n) is 12.2. The number of anilines is 1. The summed E-state index contributed by atoms with van der Waals surface area (Å²) in [6.45, 7) is 5.04. The molecule has 0 saturated heterocycles. The highest BCUT2D eigenvalue weighted by molar-refractivity contribution is 6.47. The summed E-state index contributed by atoms with van der Waals surface area (Å²) < 4.78 is 15.6. The molecule has 8 nitrogen and oxygen atoms in total. The number of nitrogens with zero attached hydrogens (tertiary/aromatic N) is 3. The van der Waals surface area contributed by atoms with Gasteiger partial charge in [0.2, 0.25) is 0 Å². The number of pyridine rings is 1. The number of rotatable bonds is 6. The first-order valence-corrected chi connectivity index (χ1v) is 12.2. The molecule has 0 bridgehead atoms. The van der Waals surface area contributed by atoms with E-state index in [1.54, 1.807) is 51.4 Å². The molecule has 0 spiro atoms. The van der Waals surface area contributed by atoms with E-state index in [1.807, 2.05) is 6.92 Å². The van der Waals surface area contributed by atoms with Gasteiger partial charge in [0.15, 0.2) is 0 Å². The van der Waals surface area contributed by atoms with Crippen molar-refractivity contribution in [2.45, 2.75) is 58.1 Å². The van der Waals surface area contributed by atoms with Crippen LogP contribution in [0.5, 0.6) is 0 Å². The SMILES string of the molecule is Cc1cc(N(C(=O)C(=O)c2c(C)c(C(N)=O)c(-c3ccccn3)n2C)C2(C)CCC(O)CC2)ccc1F. The zero-order valence-electron chi connectivity index (χ0n) is 21.4. The fourth-order valence-corrected chi connectivity index (χ4v) is 5.35. The van der Waals surface area contributed by atoms with E-state index in [1.165, 1.54) is 21.6 Å². The monoisotopic (exact) mass is 506 g/mol. The molecule has 37 heavy (non-hydrogen) atoms. The van der Waals surface area contributed by atoms with Crippen LogP contribution in [0.25, 0.3) is 11.4 Å². The van der Waals surface area contributed by atoms with Crippen LogP contribution in [-0.4, -0.2) is 43.9 Å². The van der Waals surface area contributed by atoms with Gasteiger partial charge in [-0.2, -0.15) is 0 Å². The lowest BCUT2D eigenvalue weighted by molar-refractivity contribution is -0.116. The second-order valence-electron chi connectivity index (χ2n) is 9.97. The highest BCUT2D eigenvalue weighted by atomic mass is 19.1. The Labute approximate surface area is 214 Å². The number of ketones is 1. The Hall–Kier alpha value is -3.85. The van der Waals surface area contributed by atoms with Crippen LogP contribution in [0, 0.1) is 19.7 Å². The number of hydrogen-bond acceptors (Lipinski definition) is 5. The third-order valence-corrected chi connectivity index (χ3v) is 7.38. The minimum absolute atomic E-state index is 0.0303. The average Bonchev–Trinajstić information content (AvgIpc) is 3.13. The molecule has 1 fully saturated rings. The molecule has 0 radical (unpaired) electrons. The summed E-state index contributed by atoms with van der Waals surface area (Å²) in [4.78, 5) is 46.1. The Balaban J connectivity index is 1.86. The fourth-order valence-electron chi connectivity index (χ4n) is 5.35. The van der Waals surface area contributed by atoms with Gasteiger partial charge in [0.25, 0.3) is 11.7 Å². The maximum Gasteiger partial charge on any atom is 0.301 e. The molecule has 1 aliphatic rings. The third kappa shape index (κ3) is 4.67. The lowest BCUT2D eigenvalue weighted by Crippen LogP contribution is -2.55. The van der Waals surface area contributed by atoms with Crippen molar-refractivity contribution in [2.24, 2.45) is 12.8 Å². The summed E-state index contributed by atoms with van der Waals surface area (Å²) in [6, 6.07) is 9.47. The number of benzene rings is 1. The number of carbonyl (C=O) groups excluding carboxylic acids is 3. The van der Waals surface area contributed by atoms with Crippen LogP contribution < -0.4 is 10.6 Å². The van der Waals surface area contributed by atoms with Crippen molar-refractivity contribution >= 4 is 23.3 Å². The van der Waals surface area contributed by atoms with Gasteiger partial charge in [0.1, 0.15) is 5.82 Å². The molecular weight excluding hydrogens is 475 g/mol. The summed E-state index contributed by atoms with van der Waals surface area (Å²) in [5, 5.41) is 10.1. The maximum atomic E-state index is 14.1. The number of aliphatic hydroxyl groups is 1. The minimum atomic E-state index is -0.820. The molecule has 4 rings (SSSR count). The van der Waals surface area contributed by atoms with Gasteiger partial charge in [-0.05, 0) is 87.9 Å². The summed E-state index contributed by atoms with van der Waals surface area (Å²) >= 11 is 0. The van der Waals surface area contributed by atoms with Crippen LogP contribution in [0.2, 0.25) is 0 Å². The van der Waals surface area contributed by atoms with Gasteiger partial charge in [-0.3, -0.25) is 24.3 Å². The highest BCUT2D eigenvalue weighted by Gasteiger charge is 2.43. The van der Waals surface area contributed by atoms with Crippen LogP contribution in [0.15, 0.2) is 42.6 Å². The molecule has 1 saturated carbocycles. The number of nitrogens with two attached hydrogens (primary N) is 1. The molecule has 2 amide bonds. The minimum Gasteiger partial charge on any atom is -0.393 e. The van der Waals surface area contributed by atoms with Crippen LogP contribution in [0.4, 0.5) is 10.1 Å². The van der Waals surface area contributed by atoms with Gasteiger partial charge in [-0.15, -0.1) is 0 Å². The lowest BCUT2D eigenvalue weighted by atomic mass is 9.79. The summed E-state index contributed by atoms with van der Waals surface area (Å²) in [5.74, 6) is -2.79. The quantitative estimate of drug-likeness (QED) is 0.389. The molecule has 2 heterocycles. The van der Waals surface area contributed by atoms with Gasteiger partial charge in [-0.25, -0.2) is 4.39 Å². The largest absolute Gasteiger partial charge is 0.393 e. The van der Waals surface area contributed by atoms with E-state index in [4.69, 9.17) is 5.73 Å². The van der Waals surface area contributed by atoms with Crippen molar-refractivity contribution in [3.8, 4) is 11.4 Å². The van der Waals surface area contributed by atoms with E-state index >= 15 is 0 Å². The number of aliphatic hydroxyl groups excluding tert-OH is 1. The van der Waals surface area contributed by atoms with Crippen molar-refractivity contribution in [1.82, 2.24) is 9.55 Å². The van der Waals surface area contributed by atoms with Crippen LogP contribution in [-0.2, 0) is 11.8 Å². The number of primary amides is 1. The Kier molecular flexibility index (Phi) is 7.01. The number of amides is 2. The molecule has 0 unspecified atom stereocenters. The number of Topliss-reactive ketones (excluding diaryl/α,β-unsaturated/α-hetero) is 1. The van der Waals surface area contributed by atoms with E-state index in [9.17, 15) is 23.9 Å². The third-order valence-electron chi connectivity index (χ3n) is 7.38. The predicted molar refractivity (Wildman–Crippen MR) is 138 cm³/mol. The van der Waals surface area contributed by atoms with Gasteiger partial charge in [0.05, 0.1) is 28.7 Å². The lowest BCUT2D eigenvalue weighted by Gasteiger charge is -2.44. The molecule has 194 valence electrons. The molecule has 9 heteroatoms. The van der Waals surface area contributed by atoms with Crippen molar-refractivity contribution < 1.29 is 23.9 Å². The topological polar surface area (TPSA) is 119 Å². The Morgan fingerprint density at radius 2 is 1.84 bits per heavy atom. The normalized spacial score (nSPS) is 19.5. The van der Waals surface area contributed by atoms with E-state index in [2.05, 4.69) is 4.98 Å². The van der Waals surface area contributed by atoms with Gasteiger partial charge >= 0.3 is 5.91 Å². The number of aromatic nitrogens is 2. The first kappa shape index (κ1) is 26.2. The van der Waals surface area contributed by atoms with Crippen molar-refractivity contribution in [2.75, 3.05) is 4.90 Å². The van der Waals surface area contributed by atoms with Crippen molar-refractivity contribution in [3.63, 3.8) is 0 Å². The standard InChI is InChI=1S/C28H31FN4O4/c1-16-15-18(8-9-20(16)29)33(28(3)12-10-19(34)11-13-28)27(37)25(35)23-17(2)22(26(30)36)24(32(23)4)21-7-5-6-14-31-21/h5-9,14-15,19,34H,10-13H2,1-4H3,(H2,30,36). The molecular formula is C28H31FN4O4. The molecule has 3 N–H and O–H groups in total. The molecule has 1 aliphatic carbocycles. The van der Waals surface area contributed by atoms with E-state index in [0.29, 0.717) is 48.3 Å². The second kappa shape index (κ2) is 9.89. The Morgan fingerprint density at radius 1 is 1.16 bits per heavy atom. The smallest absolute Gasteiger partial charge is 0.301 e. The van der Waals surface area contributed by atoms with Crippen LogP contribution in [0.3, 0.4) is 0 Å². The second-order valence-corrected chi connectivity index (χ2v) is 9.97. The number of aryl methyl sites for hydroxylation is 1. The molecule has 2 aromatic heterocycles. The van der Waals surface area contributed by atoms with Crippen molar-refractivity contribution in [1.29, 1.82) is 0 Å². The van der Waals surface area contributed by atoms with Gasteiger partial charge in [0, 0.05) is 24.5 Å². The van der Waals surface area contributed by atoms with E-state index in [-0.39, 0.29) is 16.8 Å². The molecule has 0 aliphatic heterocycles. The number of carbonyl (C=O) groups is 3. The zero-order valence-corrected chi connectivity index (χ0v) is 21.4. The van der Waals surface area contributed by atoms with Crippen molar-refractivity contribution in [3.05, 3.63) is 70.8 Å². The summed E-state index contributed by atoms with van der Waals surface area (Å²) in [5.41, 5.74) is 6.86. The number of hydrogen-bond donors (Lipinski definition) is 2. The highest BCUT2D eigenvalue weighted by Crippen LogP contribution is 2.38. The van der Waals surface area contributed by atoms with E-state index in [0.717, 1.165) is 0 Å². The van der Waals surface area contributed by atoms with E-state index < -0.39 is 35.1 Å². The Bertz CT molecular complexity index is 1370. The van der Waals surface area contributed by atoms with Gasteiger partial charge < -0.3 is 15.4 Å². The molecule has 1 aromatic carbocycles. The average molecular weight is 507 g/mol. The van der Waals surface area contributed by atoms with Crippen LogP contribution >= 0.6 is 0 Å². The summed E-state index contributed by atoms with van der Waals surface area (Å²) in [7, 11) is 1.59. The molecule has 3 aromatic rings. The van der Waals surface area contributed by atoms with Gasteiger partial charge in [-0.1, -0.05) is 6.07 Å². The fraction of sp³-hybridized carbons (Fsp3) is 0.357. The molecule has 0 atom stereocenters. The maximum absolute atomic E-state index is 14.1. The van der Waals surface area contributed by atoms with Crippen LogP contribution in [0.1, 0.15) is 64.6 Å². The predicted octanol–water partition coefficient (Wildman–Crippen LogP) is 3.85. The number of halogens is 1. The summed E-state index contributed by atoms with van der Waals surface area (Å²) in [6.07, 6.45) is 2.93. The zero-order chi connectivity index (χ0) is 27.1. The Morgan fingerprint density at radius 3 is 2.41 bits per heavy atom. The first-order chi connectivity index (χ1) is 17.5.